The van der Waals surface area contributed by atoms with E-state index in [9.17, 15) is 13.2 Å². The summed E-state index contributed by atoms with van der Waals surface area (Å²) in [4.78, 5) is 15.0. The van der Waals surface area contributed by atoms with E-state index >= 15 is 0 Å². The third-order valence-electron chi connectivity index (χ3n) is 5.47. The Balaban J connectivity index is 1.55. The van der Waals surface area contributed by atoms with Gasteiger partial charge in [-0.1, -0.05) is 6.42 Å². The first kappa shape index (κ1) is 19.4. The summed E-state index contributed by atoms with van der Waals surface area (Å²) in [7, 11) is -3.16. The quantitative estimate of drug-likeness (QED) is 0.807. The predicted molar refractivity (Wildman–Crippen MR) is 99.0 cm³/mol. The Morgan fingerprint density at radius 3 is 2.50 bits per heavy atom. The number of likely N-dealkylation sites (tertiary alicyclic amines) is 1. The number of nitrogens with zero attached hydrogens (tertiary/aromatic N) is 2. The van der Waals surface area contributed by atoms with Gasteiger partial charge in [-0.2, -0.15) is 0 Å². The lowest BCUT2D eigenvalue weighted by Crippen LogP contribution is -2.45. The van der Waals surface area contributed by atoms with Gasteiger partial charge < -0.3 is 9.73 Å². The Hall–Kier alpha value is -1.38. The molecule has 0 aromatic carbocycles. The van der Waals surface area contributed by atoms with Crippen molar-refractivity contribution in [2.24, 2.45) is 5.92 Å². The van der Waals surface area contributed by atoms with Crippen LogP contribution in [0.5, 0.6) is 0 Å². The number of piperidine rings is 2. The van der Waals surface area contributed by atoms with Gasteiger partial charge in [-0.25, -0.2) is 12.7 Å². The molecule has 2 aliphatic rings. The van der Waals surface area contributed by atoms with E-state index in [0.29, 0.717) is 32.5 Å². The number of furan rings is 1. The Morgan fingerprint density at radius 2 is 1.92 bits per heavy atom. The summed E-state index contributed by atoms with van der Waals surface area (Å²) in [5.41, 5.74) is 0. The fourth-order valence-corrected chi connectivity index (χ4v) is 4.79. The maximum absolute atomic E-state index is 12.6. The number of sulfonamides is 1. The van der Waals surface area contributed by atoms with Gasteiger partial charge in [-0.15, -0.1) is 0 Å². The third kappa shape index (κ3) is 4.86. The van der Waals surface area contributed by atoms with Gasteiger partial charge in [0.1, 0.15) is 5.76 Å². The molecule has 1 aromatic rings. The lowest BCUT2D eigenvalue weighted by Gasteiger charge is -2.34. The summed E-state index contributed by atoms with van der Waals surface area (Å²) in [6, 6.07) is 3.91. The van der Waals surface area contributed by atoms with Gasteiger partial charge in [0, 0.05) is 25.6 Å². The predicted octanol–water partition coefficient (Wildman–Crippen LogP) is 1.59. The minimum atomic E-state index is -3.16. The number of nitrogens with one attached hydrogen (secondary N) is 1. The lowest BCUT2D eigenvalue weighted by atomic mass is 9.97. The molecular weight excluding hydrogens is 354 g/mol. The number of carbonyl (C=O) groups excluding carboxylic acids is 1. The van der Waals surface area contributed by atoms with E-state index in [4.69, 9.17) is 4.42 Å². The zero-order chi connectivity index (χ0) is 18.6. The standard InChI is InChI=1S/C18H29N3O4S/c1-26(23,24)21-11-7-15(8-12-21)18(22)19-14-16(17-6-5-13-25-17)20-9-3-2-4-10-20/h5-6,13,15-16H,2-4,7-12,14H2,1H3,(H,19,22)/t16-/m0/s1. The molecule has 3 rings (SSSR count). The Labute approximate surface area is 155 Å². The van der Waals surface area contributed by atoms with Crippen molar-refractivity contribution in [1.29, 1.82) is 0 Å². The van der Waals surface area contributed by atoms with Crippen molar-refractivity contribution in [2.45, 2.75) is 38.1 Å². The van der Waals surface area contributed by atoms with Crippen LogP contribution >= 0.6 is 0 Å². The molecule has 2 fully saturated rings. The van der Waals surface area contributed by atoms with Crippen molar-refractivity contribution < 1.29 is 17.6 Å². The largest absolute Gasteiger partial charge is 0.468 e. The molecular formula is C18H29N3O4S. The smallest absolute Gasteiger partial charge is 0.223 e. The van der Waals surface area contributed by atoms with Crippen molar-refractivity contribution in [3.8, 4) is 0 Å². The zero-order valence-electron chi connectivity index (χ0n) is 15.4. The van der Waals surface area contributed by atoms with E-state index in [0.717, 1.165) is 18.8 Å². The van der Waals surface area contributed by atoms with Crippen molar-refractivity contribution in [2.75, 3.05) is 39.0 Å². The number of hydrogen-bond donors (Lipinski definition) is 1. The van der Waals surface area contributed by atoms with Crippen LogP contribution in [-0.4, -0.2) is 62.5 Å². The Bertz CT molecular complexity index is 675. The van der Waals surface area contributed by atoms with Crippen molar-refractivity contribution >= 4 is 15.9 Å². The van der Waals surface area contributed by atoms with E-state index < -0.39 is 10.0 Å². The van der Waals surface area contributed by atoms with Crippen molar-refractivity contribution in [1.82, 2.24) is 14.5 Å². The molecule has 3 heterocycles. The Kier molecular flexibility index (Phi) is 6.37. The fraction of sp³-hybridized carbons (Fsp3) is 0.722. The molecule has 26 heavy (non-hydrogen) atoms. The monoisotopic (exact) mass is 383 g/mol. The van der Waals surface area contributed by atoms with E-state index in [-0.39, 0.29) is 17.9 Å². The molecule has 146 valence electrons. The Morgan fingerprint density at radius 1 is 1.23 bits per heavy atom. The molecule has 0 aliphatic carbocycles. The maximum atomic E-state index is 12.6. The topological polar surface area (TPSA) is 82.9 Å². The maximum Gasteiger partial charge on any atom is 0.223 e. The van der Waals surface area contributed by atoms with Crippen molar-refractivity contribution in [3.63, 3.8) is 0 Å². The summed E-state index contributed by atoms with van der Waals surface area (Å²) in [5, 5.41) is 3.08. The molecule has 0 radical (unpaired) electrons. The molecule has 8 heteroatoms. The first-order chi connectivity index (χ1) is 12.4. The van der Waals surface area contributed by atoms with Crippen LogP contribution in [0.2, 0.25) is 0 Å². The molecule has 1 amide bonds. The SMILES string of the molecule is CS(=O)(=O)N1CCC(C(=O)NC[C@@H](c2ccco2)N2CCCCC2)CC1. The molecule has 1 N–H and O–H groups in total. The molecule has 2 saturated heterocycles. The summed E-state index contributed by atoms with van der Waals surface area (Å²) < 4.78 is 30.3. The van der Waals surface area contributed by atoms with Gasteiger partial charge in [0.2, 0.25) is 15.9 Å². The van der Waals surface area contributed by atoms with Gasteiger partial charge in [0.05, 0.1) is 18.6 Å². The van der Waals surface area contributed by atoms with E-state index in [1.165, 1.54) is 29.8 Å². The van der Waals surface area contributed by atoms with Crippen LogP contribution in [0.4, 0.5) is 0 Å². The van der Waals surface area contributed by atoms with Gasteiger partial charge in [-0.3, -0.25) is 9.69 Å². The molecule has 0 saturated carbocycles. The molecule has 0 spiro atoms. The second-order valence-electron chi connectivity index (χ2n) is 7.31. The second kappa shape index (κ2) is 8.54. The minimum Gasteiger partial charge on any atom is -0.468 e. The van der Waals surface area contributed by atoms with Gasteiger partial charge in [-0.05, 0) is 50.9 Å². The number of hydrogen-bond acceptors (Lipinski definition) is 5. The van der Waals surface area contributed by atoms with Crippen LogP contribution in [0.1, 0.15) is 43.9 Å². The summed E-state index contributed by atoms with van der Waals surface area (Å²) in [6.07, 6.45) is 7.66. The average molecular weight is 384 g/mol. The molecule has 0 unspecified atom stereocenters. The normalized spacial score (nSPS) is 22.2. The highest BCUT2D eigenvalue weighted by Gasteiger charge is 2.30. The van der Waals surface area contributed by atoms with Crippen LogP contribution < -0.4 is 5.32 Å². The minimum absolute atomic E-state index is 0.0201. The van der Waals surface area contributed by atoms with Gasteiger partial charge in [0.25, 0.3) is 0 Å². The van der Waals surface area contributed by atoms with E-state index in [2.05, 4.69) is 10.2 Å². The molecule has 1 atom stereocenters. The van der Waals surface area contributed by atoms with Crippen LogP contribution in [-0.2, 0) is 14.8 Å². The van der Waals surface area contributed by atoms with E-state index in [1.807, 2.05) is 12.1 Å². The van der Waals surface area contributed by atoms with Crippen LogP contribution in [0.25, 0.3) is 0 Å². The number of amides is 1. The molecule has 2 aliphatic heterocycles. The molecule has 7 nitrogen and oxygen atoms in total. The summed E-state index contributed by atoms with van der Waals surface area (Å²) in [6.45, 7) is 3.41. The highest BCUT2D eigenvalue weighted by molar-refractivity contribution is 7.88. The van der Waals surface area contributed by atoms with Crippen molar-refractivity contribution in [3.05, 3.63) is 24.2 Å². The first-order valence-electron chi connectivity index (χ1n) is 9.45. The number of carbonyl (C=O) groups is 1. The highest BCUT2D eigenvalue weighted by atomic mass is 32.2. The average Bonchev–Trinajstić information content (AvgIpc) is 3.16. The lowest BCUT2D eigenvalue weighted by molar-refractivity contribution is -0.126. The first-order valence-corrected chi connectivity index (χ1v) is 11.3. The zero-order valence-corrected chi connectivity index (χ0v) is 16.2. The molecule has 1 aromatic heterocycles. The third-order valence-corrected chi connectivity index (χ3v) is 6.77. The van der Waals surface area contributed by atoms with Gasteiger partial charge in [0.15, 0.2) is 0 Å². The van der Waals surface area contributed by atoms with Crippen LogP contribution in [0, 0.1) is 5.92 Å². The highest BCUT2D eigenvalue weighted by Crippen LogP contribution is 2.25. The van der Waals surface area contributed by atoms with Gasteiger partial charge >= 0.3 is 0 Å². The van der Waals surface area contributed by atoms with Crippen LogP contribution in [0.3, 0.4) is 0 Å². The molecule has 0 bridgehead atoms. The summed E-state index contributed by atoms with van der Waals surface area (Å²) >= 11 is 0. The summed E-state index contributed by atoms with van der Waals surface area (Å²) in [5.74, 6) is 0.789. The van der Waals surface area contributed by atoms with E-state index in [1.54, 1.807) is 6.26 Å². The number of rotatable bonds is 6. The van der Waals surface area contributed by atoms with Crippen LogP contribution in [0.15, 0.2) is 22.8 Å². The second-order valence-corrected chi connectivity index (χ2v) is 9.29. The fourth-order valence-electron chi connectivity index (χ4n) is 3.91.